The normalized spacial score (nSPS) is 17.9. The van der Waals surface area contributed by atoms with Crippen LogP contribution in [0, 0.1) is 0 Å². The highest BCUT2D eigenvalue weighted by Gasteiger charge is 2.14. The zero-order valence-corrected chi connectivity index (χ0v) is 8.98. The summed E-state index contributed by atoms with van der Waals surface area (Å²) in [6.07, 6.45) is 8.48. The molecule has 1 aliphatic rings. The van der Waals surface area contributed by atoms with Crippen molar-refractivity contribution in [3.63, 3.8) is 0 Å². The quantitative estimate of drug-likeness (QED) is 0.826. The van der Waals surface area contributed by atoms with Crippen LogP contribution in [0.1, 0.15) is 37.7 Å². The van der Waals surface area contributed by atoms with E-state index in [4.69, 9.17) is 10.5 Å². The van der Waals surface area contributed by atoms with Crippen molar-refractivity contribution in [3.8, 4) is 0 Å². The van der Waals surface area contributed by atoms with Crippen molar-refractivity contribution >= 4 is 5.82 Å². The molecule has 3 nitrogen and oxygen atoms in total. The molecule has 2 N–H and O–H groups in total. The number of hydrogen-bond donors (Lipinski definition) is 1. The summed E-state index contributed by atoms with van der Waals surface area (Å²) in [7, 11) is 0. The number of aromatic nitrogens is 1. The molecule has 0 aliphatic heterocycles. The molecule has 0 atom stereocenters. The molecule has 3 heteroatoms. The fraction of sp³-hybridized carbons (Fsp3) is 0.583. The van der Waals surface area contributed by atoms with Gasteiger partial charge in [0.15, 0.2) is 0 Å². The van der Waals surface area contributed by atoms with Crippen LogP contribution in [0.4, 0.5) is 5.82 Å². The Kier molecular flexibility index (Phi) is 3.56. The van der Waals surface area contributed by atoms with Gasteiger partial charge in [0.05, 0.1) is 12.7 Å². The summed E-state index contributed by atoms with van der Waals surface area (Å²) in [5.41, 5.74) is 6.75. The lowest BCUT2D eigenvalue weighted by Gasteiger charge is -2.22. The zero-order valence-electron chi connectivity index (χ0n) is 8.98. The first-order valence-electron chi connectivity index (χ1n) is 5.67. The fourth-order valence-electron chi connectivity index (χ4n) is 2.01. The van der Waals surface area contributed by atoms with Crippen LogP contribution in [0.25, 0.3) is 0 Å². The summed E-state index contributed by atoms with van der Waals surface area (Å²) >= 11 is 0. The number of nitrogens with two attached hydrogens (primary N) is 1. The summed E-state index contributed by atoms with van der Waals surface area (Å²) < 4.78 is 5.83. The van der Waals surface area contributed by atoms with Gasteiger partial charge in [-0.05, 0) is 18.9 Å². The molecule has 1 fully saturated rings. The molecule has 82 valence electrons. The molecule has 2 rings (SSSR count). The van der Waals surface area contributed by atoms with Crippen LogP contribution < -0.4 is 5.73 Å². The number of hydrogen-bond acceptors (Lipinski definition) is 3. The molecule has 15 heavy (non-hydrogen) atoms. The van der Waals surface area contributed by atoms with Gasteiger partial charge in [0.1, 0.15) is 5.82 Å². The second-order valence-electron chi connectivity index (χ2n) is 4.12. The Balaban J connectivity index is 1.84. The largest absolute Gasteiger partial charge is 0.383 e. The second kappa shape index (κ2) is 5.12. The van der Waals surface area contributed by atoms with E-state index in [9.17, 15) is 0 Å². The lowest BCUT2D eigenvalue weighted by Crippen LogP contribution is -2.16. The minimum atomic E-state index is 0.429. The van der Waals surface area contributed by atoms with E-state index < -0.39 is 0 Å². The molecule has 1 heterocycles. The summed E-state index contributed by atoms with van der Waals surface area (Å²) in [5, 5.41) is 0. The van der Waals surface area contributed by atoms with Crippen molar-refractivity contribution < 1.29 is 4.74 Å². The standard InChI is InChI=1S/C12H18N2O/c13-12-10(5-4-8-14-12)9-15-11-6-2-1-3-7-11/h4-5,8,11H,1-3,6-7,9H2,(H2,13,14). The molecule has 1 aromatic heterocycles. The third-order valence-corrected chi connectivity index (χ3v) is 2.95. The van der Waals surface area contributed by atoms with E-state index in [0.717, 1.165) is 5.56 Å². The molecule has 1 aromatic rings. The molecular formula is C12H18N2O. The van der Waals surface area contributed by atoms with Crippen molar-refractivity contribution in [2.24, 2.45) is 0 Å². The Bertz CT molecular complexity index is 308. The number of anilines is 1. The Morgan fingerprint density at radius 1 is 1.33 bits per heavy atom. The highest BCUT2D eigenvalue weighted by molar-refractivity contribution is 5.37. The van der Waals surface area contributed by atoms with Gasteiger partial charge >= 0.3 is 0 Å². The lowest BCUT2D eigenvalue weighted by molar-refractivity contribution is 0.0170. The summed E-state index contributed by atoms with van der Waals surface area (Å²) in [6.45, 7) is 0.602. The zero-order chi connectivity index (χ0) is 10.5. The minimum absolute atomic E-state index is 0.429. The molecule has 1 aliphatic carbocycles. The van der Waals surface area contributed by atoms with Gasteiger partial charge < -0.3 is 10.5 Å². The summed E-state index contributed by atoms with van der Waals surface area (Å²) in [4.78, 5) is 4.04. The third-order valence-electron chi connectivity index (χ3n) is 2.95. The Hall–Kier alpha value is -1.09. The molecule has 0 unspecified atom stereocenters. The molecule has 0 radical (unpaired) electrons. The van der Waals surface area contributed by atoms with Crippen LogP contribution in [0.5, 0.6) is 0 Å². The fourth-order valence-corrected chi connectivity index (χ4v) is 2.01. The van der Waals surface area contributed by atoms with Crippen LogP contribution >= 0.6 is 0 Å². The van der Waals surface area contributed by atoms with Crippen LogP contribution in [0.2, 0.25) is 0 Å². The average molecular weight is 206 g/mol. The highest BCUT2D eigenvalue weighted by atomic mass is 16.5. The van der Waals surface area contributed by atoms with Crippen LogP contribution in [0.15, 0.2) is 18.3 Å². The van der Waals surface area contributed by atoms with Crippen molar-refractivity contribution in [1.29, 1.82) is 0 Å². The maximum absolute atomic E-state index is 5.83. The molecule has 0 saturated heterocycles. The van der Waals surface area contributed by atoms with Crippen LogP contribution in [-0.2, 0) is 11.3 Å². The molecule has 0 aromatic carbocycles. The van der Waals surface area contributed by atoms with Gasteiger partial charge in [0, 0.05) is 11.8 Å². The van der Waals surface area contributed by atoms with Gasteiger partial charge in [-0.3, -0.25) is 0 Å². The molecular weight excluding hydrogens is 188 g/mol. The first-order chi connectivity index (χ1) is 7.36. The Morgan fingerprint density at radius 2 is 2.13 bits per heavy atom. The van der Waals surface area contributed by atoms with Gasteiger partial charge in [-0.1, -0.05) is 25.3 Å². The number of ether oxygens (including phenoxy) is 1. The first-order valence-corrected chi connectivity index (χ1v) is 5.67. The number of pyridine rings is 1. The van der Waals surface area contributed by atoms with Crippen molar-refractivity contribution in [3.05, 3.63) is 23.9 Å². The lowest BCUT2D eigenvalue weighted by atomic mass is 9.98. The molecule has 0 amide bonds. The van der Waals surface area contributed by atoms with Crippen molar-refractivity contribution in [1.82, 2.24) is 4.98 Å². The number of nitrogen functional groups attached to an aromatic ring is 1. The average Bonchev–Trinajstić information content (AvgIpc) is 2.29. The Labute approximate surface area is 90.7 Å². The predicted octanol–water partition coefficient (Wildman–Crippen LogP) is 2.51. The van der Waals surface area contributed by atoms with Gasteiger partial charge in [-0.25, -0.2) is 4.98 Å². The SMILES string of the molecule is Nc1ncccc1COC1CCCCC1. The summed E-state index contributed by atoms with van der Waals surface area (Å²) in [6, 6.07) is 3.88. The number of nitrogens with zero attached hydrogens (tertiary/aromatic N) is 1. The van der Waals surface area contributed by atoms with Gasteiger partial charge in [-0.2, -0.15) is 0 Å². The van der Waals surface area contributed by atoms with Gasteiger partial charge in [0.25, 0.3) is 0 Å². The molecule has 0 bridgehead atoms. The van der Waals surface area contributed by atoms with E-state index in [2.05, 4.69) is 4.98 Å². The van der Waals surface area contributed by atoms with E-state index in [1.54, 1.807) is 6.20 Å². The van der Waals surface area contributed by atoms with E-state index in [-0.39, 0.29) is 0 Å². The second-order valence-corrected chi connectivity index (χ2v) is 4.12. The van der Waals surface area contributed by atoms with E-state index in [1.807, 2.05) is 12.1 Å². The van der Waals surface area contributed by atoms with E-state index in [0.29, 0.717) is 18.5 Å². The molecule has 1 saturated carbocycles. The van der Waals surface area contributed by atoms with E-state index in [1.165, 1.54) is 32.1 Å². The van der Waals surface area contributed by atoms with E-state index >= 15 is 0 Å². The van der Waals surface area contributed by atoms with Crippen molar-refractivity contribution in [2.75, 3.05) is 5.73 Å². The summed E-state index contributed by atoms with van der Waals surface area (Å²) in [5.74, 6) is 0.591. The van der Waals surface area contributed by atoms with Gasteiger partial charge in [-0.15, -0.1) is 0 Å². The molecule has 0 spiro atoms. The van der Waals surface area contributed by atoms with Crippen molar-refractivity contribution in [2.45, 2.75) is 44.8 Å². The topological polar surface area (TPSA) is 48.1 Å². The first kappa shape index (κ1) is 10.4. The maximum atomic E-state index is 5.83. The minimum Gasteiger partial charge on any atom is -0.383 e. The maximum Gasteiger partial charge on any atom is 0.128 e. The highest BCUT2D eigenvalue weighted by Crippen LogP contribution is 2.21. The van der Waals surface area contributed by atoms with Crippen LogP contribution in [0.3, 0.4) is 0 Å². The predicted molar refractivity (Wildman–Crippen MR) is 60.3 cm³/mol. The number of rotatable bonds is 3. The van der Waals surface area contributed by atoms with Crippen LogP contribution in [-0.4, -0.2) is 11.1 Å². The monoisotopic (exact) mass is 206 g/mol. The Morgan fingerprint density at radius 3 is 2.87 bits per heavy atom. The third kappa shape index (κ3) is 2.93. The van der Waals surface area contributed by atoms with Gasteiger partial charge in [0.2, 0.25) is 0 Å². The smallest absolute Gasteiger partial charge is 0.128 e.